The number of aliphatic hydroxyl groups excluding tert-OH is 1. The molecule has 0 radical (unpaired) electrons. The van der Waals surface area contributed by atoms with Gasteiger partial charge in [0.2, 0.25) is 0 Å². The summed E-state index contributed by atoms with van der Waals surface area (Å²) in [6.07, 6.45) is 0. The van der Waals surface area contributed by atoms with Crippen LogP contribution in [0.1, 0.15) is 11.1 Å². The van der Waals surface area contributed by atoms with Crippen LogP contribution in [0.4, 0.5) is 5.69 Å². The quantitative estimate of drug-likeness (QED) is 0.496. The SMILES string of the molecule is OCc1cc(NCc2ccccc2Sc2cccc(O)c2)ccc1O. The van der Waals surface area contributed by atoms with E-state index in [1.54, 1.807) is 42.1 Å². The Kier molecular flexibility index (Phi) is 5.48. The zero-order chi connectivity index (χ0) is 17.6. The molecule has 0 amide bonds. The van der Waals surface area contributed by atoms with Crippen LogP contribution >= 0.6 is 11.8 Å². The lowest BCUT2D eigenvalue weighted by atomic mass is 10.1. The molecule has 5 heteroatoms. The van der Waals surface area contributed by atoms with Crippen molar-refractivity contribution in [1.82, 2.24) is 0 Å². The number of rotatable bonds is 6. The number of phenols is 2. The van der Waals surface area contributed by atoms with E-state index in [2.05, 4.69) is 5.32 Å². The van der Waals surface area contributed by atoms with Gasteiger partial charge in [-0.25, -0.2) is 0 Å². The summed E-state index contributed by atoms with van der Waals surface area (Å²) in [7, 11) is 0. The maximum absolute atomic E-state index is 9.64. The van der Waals surface area contributed by atoms with Gasteiger partial charge < -0.3 is 20.6 Å². The van der Waals surface area contributed by atoms with Gasteiger partial charge in [-0.05, 0) is 48.0 Å². The molecule has 128 valence electrons. The molecule has 0 bridgehead atoms. The molecule has 3 rings (SSSR count). The van der Waals surface area contributed by atoms with E-state index >= 15 is 0 Å². The predicted octanol–water partition coefficient (Wildman–Crippen LogP) is 4.35. The Balaban J connectivity index is 1.75. The number of aliphatic hydroxyl groups is 1. The van der Waals surface area contributed by atoms with Crippen LogP contribution in [0.2, 0.25) is 0 Å². The summed E-state index contributed by atoms with van der Waals surface area (Å²) < 4.78 is 0. The average Bonchev–Trinajstić information content (AvgIpc) is 2.62. The summed E-state index contributed by atoms with van der Waals surface area (Å²) in [5.74, 6) is 0.342. The first-order chi connectivity index (χ1) is 12.2. The summed E-state index contributed by atoms with van der Waals surface area (Å²) in [6.45, 7) is 0.406. The number of nitrogens with one attached hydrogen (secondary N) is 1. The van der Waals surface area contributed by atoms with E-state index in [9.17, 15) is 15.3 Å². The molecule has 0 saturated heterocycles. The van der Waals surface area contributed by atoms with Crippen LogP contribution in [0.5, 0.6) is 11.5 Å². The van der Waals surface area contributed by atoms with Crippen LogP contribution in [0.25, 0.3) is 0 Å². The highest BCUT2D eigenvalue weighted by molar-refractivity contribution is 7.99. The van der Waals surface area contributed by atoms with E-state index in [0.717, 1.165) is 21.0 Å². The number of anilines is 1. The van der Waals surface area contributed by atoms with Crippen molar-refractivity contribution in [2.75, 3.05) is 5.32 Å². The third kappa shape index (κ3) is 4.47. The number of aromatic hydroxyl groups is 2. The van der Waals surface area contributed by atoms with Gasteiger partial charge in [-0.15, -0.1) is 0 Å². The molecule has 0 spiro atoms. The fourth-order valence-electron chi connectivity index (χ4n) is 2.44. The molecule has 3 aromatic rings. The molecule has 0 aliphatic carbocycles. The van der Waals surface area contributed by atoms with Crippen molar-refractivity contribution in [3.8, 4) is 11.5 Å². The Morgan fingerprint density at radius 2 is 1.68 bits per heavy atom. The third-order valence-electron chi connectivity index (χ3n) is 3.75. The maximum Gasteiger partial charge on any atom is 0.121 e. The lowest BCUT2D eigenvalue weighted by Crippen LogP contribution is -2.01. The summed E-state index contributed by atoms with van der Waals surface area (Å²) in [4.78, 5) is 2.07. The van der Waals surface area contributed by atoms with E-state index in [4.69, 9.17) is 0 Å². The van der Waals surface area contributed by atoms with E-state index in [1.165, 1.54) is 0 Å². The zero-order valence-electron chi connectivity index (χ0n) is 13.5. The summed E-state index contributed by atoms with van der Waals surface area (Å²) in [6, 6.07) is 20.3. The van der Waals surface area contributed by atoms with Crippen LogP contribution < -0.4 is 5.32 Å². The maximum atomic E-state index is 9.64. The van der Waals surface area contributed by atoms with Gasteiger partial charge in [0, 0.05) is 27.6 Å². The minimum atomic E-state index is -0.203. The van der Waals surface area contributed by atoms with E-state index in [-0.39, 0.29) is 18.1 Å². The Hall–Kier alpha value is -2.63. The van der Waals surface area contributed by atoms with Crippen LogP contribution in [0, 0.1) is 0 Å². The molecule has 0 aliphatic heterocycles. The van der Waals surface area contributed by atoms with Gasteiger partial charge in [-0.3, -0.25) is 0 Å². The molecule has 0 aliphatic rings. The Morgan fingerprint density at radius 3 is 2.48 bits per heavy atom. The van der Waals surface area contributed by atoms with Crippen molar-refractivity contribution in [2.24, 2.45) is 0 Å². The lowest BCUT2D eigenvalue weighted by molar-refractivity contribution is 0.275. The van der Waals surface area contributed by atoms with Crippen molar-refractivity contribution in [1.29, 1.82) is 0 Å². The predicted molar refractivity (Wildman–Crippen MR) is 100 cm³/mol. The lowest BCUT2D eigenvalue weighted by Gasteiger charge is -2.12. The second-order valence-electron chi connectivity index (χ2n) is 5.56. The largest absolute Gasteiger partial charge is 0.508 e. The van der Waals surface area contributed by atoms with Gasteiger partial charge in [0.15, 0.2) is 0 Å². The highest BCUT2D eigenvalue weighted by Gasteiger charge is 2.06. The number of hydrogen-bond acceptors (Lipinski definition) is 5. The fraction of sp³-hybridized carbons (Fsp3) is 0.100. The first kappa shape index (κ1) is 17.2. The molecule has 0 fully saturated rings. The second kappa shape index (κ2) is 7.96. The van der Waals surface area contributed by atoms with Crippen molar-refractivity contribution >= 4 is 17.4 Å². The van der Waals surface area contributed by atoms with Crippen LogP contribution in [0.15, 0.2) is 76.5 Å². The molecular weight excluding hydrogens is 334 g/mol. The van der Waals surface area contributed by atoms with Crippen molar-refractivity contribution in [2.45, 2.75) is 22.9 Å². The van der Waals surface area contributed by atoms with E-state index in [1.807, 2.05) is 36.4 Å². The normalized spacial score (nSPS) is 10.6. The molecule has 0 atom stereocenters. The molecule has 0 unspecified atom stereocenters. The number of phenolic OH excluding ortho intramolecular Hbond substituents is 1. The highest BCUT2D eigenvalue weighted by Crippen LogP contribution is 2.32. The van der Waals surface area contributed by atoms with Gasteiger partial charge >= 0.3 is 0 Å². The van der Waals surface area contributed by atoms with Crippen LogP contribution in [-0.4, -0.2) is 15.3 Å². The van der Waals surface area contributed by atoms with Gasteiger partial charge in [-0.2, -0.15) is 0 Å². The monoisotopic (exact) mass is 353 g/mol. The standard InChI is InChI=1S/C20H19NO3S/c22-13-15-10-16(8-9-19(15)24)21-12-14-4-1-2-7-20(14)25-18-6-3-5-17(23)11-18/h1-11,21-24H,12-13H2. The van der Waals surface area contributed by atoms with Gasteiger partial charge in [0.1, 0.15) is 11.5 Å². The van der Waals surface area contributed by atoms with Crippen molar-refractivity contribution < 1.29 is 15.3 Å². The minimum Gasteiger partial charge on any atom is -0.508 e. The Morgan fingerprint density at radius 1 is 0.840 bits per heavy atom. The van der Waals surface area contributed by atoms with E-state index in [0.29, 0.717) is 12.1 Å². The first-order valence-electron chi connectivity index (χ1n) is 7.87. The molecular formula is C20H19NO3S. The van der Waals surface area contributed by atoms with Gasteiger partial charge in [0.25, 0.3) is 0 Å². The number of benzene rings is 3. The molecule has 4 nitrogen and oxygen atoms in total. The molecule has 0 saturated carbocycles. The molecule has 0 heterocycles. The van der Waals surface area contributed by atoms with Gasteiger partial charge in [-0.1, -0.05) is 36.0 Å². The third-order valence-corrected chi connectivity index (χ3v) is 4.86. The molecule has 4 N–H and O–H groups in total. The summed E-state index contributed by atoms with van der Waals surface area (Å²) in [5.41, 5.74) is 2.45. The Bertz CT molecular complexity index is 867. The smallest absolute Gasteiger partial charge is 0.121 e. The summed E-state index contributed by atoms with van der Waals surface area (Å²) >= 11 is 1.59. The minimum absolute atomic E-state index is 0.0906. The van der Waals surface area contributed by atoms with Crippen LogP contribution in [0.3, 0.4) is 0 Å². The van der Waals surface area contributed by atoms with E-state index < -0.39 is 0 Å². The highest BCUT2D eigenvalue weighted by atomic mass is 32.2. The van der Waals surface area contributed by atoms with Gasteiger partial charge in [0.05, 0.1) is 6.61 Å². The summed E-state index contributed by atoms with van der Waals surface area (Å²) in [5, 5.41) is 31.8. The fourth-order valence-corrected chi connectivity index (χ4v) is 3.44. The van der Waals surface area contributed by atoms with Crippen molar-refractivity contribution in [3.05, 3.63) is 77.9 Å². The van der Waals surface area contributed by atoms with Crippen LogP contribution in [-0.2, 0) is 13.2 Å². The molecule has 0 aromatic heterocycles. The molecule has 25 heavy (non-hydrogen) atoms. The number of hydrogen-bond donors (Lipinski definition) is 4. The topological polar surface area (TPSA) is 72.7 Å². The second-order valence-corrected chi connectivity index (χ2v) is 6.68. The molecule has 3 aromatic carbocycles. The average molecular weight is 353 g/mol. The van der Waals surface area contributed by atoms with Crippen molar-refractivity contribution in [3.63, 3.8) is 0 Å². The Labute approximate surface area is 150 Å². The zero-order valence-corrected chi connectivity index (χ0v) is 14.3. The first-order valence-corrected chi connectivity index (χ1v) is 8.69.